The van der Waals surface area contributed by atoms with E-state index in [1.54, 1.807) is 0 Å². The third-order valence-electron chi connectivity index (χ3n) is 27.5. The highest BCUT2D eigenvalue weighted by molar-refractivity contribution is 6.15. The molecule has 27 aromatic rings. The third-order valence-corrected chi connectivity index (χ3v) is 27.5. The number of fused-ring (bicyclic) bond motifs is 18. The number of hydrogen-bond acceptors (Lipinski definition) is 6. The molecule has 0 bridgehead atoms. The highest BCUT2D eigenvalue weighted by atomic mass is 16.3. The van der Waals surface area contributed by atoms with E-state index in [4.69, 9.17) is 13.3 Å². The van der Waals surface area contributed by atoms with Crippen LogP contribution in [0.3, 0.4) is 0 Å². The predicted molar refractivity (Wildman–Crippen MR) is 563 cm³/mol. The molecule has 6 aromatic heterocycles. The second-order valence-electron chi connectivity index (χ2n) is 35.0. The van der Waals surface area contributed by atoms with Crippen molar-refractivity contribution >= 4 is 182 Å². The molecule has 0 fully saturated rings. The molecule has 135 heavy (non-hydrogen) atoms. The average molecular weight is 1730 g/mol. The molecule has 632 valence electrons. The summed E-state index contributed by atoms with van der Waals surface area (Å²) in [5.74, 6) is 0. The zero-order valence-corrected chi connectivity index (χ0v) is 73.1. The van der Waals surface area contributed by atoms with E-state index in [1.807, 2.05) is 18.2 Å². The summed E-state index contributed by atoms with van der Waals surface area (Å²) >= 11 is 0. The van der Waals surface area contributed by atoms with Gasteiger partial charge in [0, 0.05) is 138 Å². The molecule has 0 saturated carbocycles. The number of benzene rings is 21. The Balaban J connectivity index is 0.594. The van der Waals surface area contributed by atoms with E-state index in [-0.39, 0.29) is 0 Å². The van der Waals surface area contributed by atoms with Crippen molar-refractivity contribution in [1.29, 1.82) is 0 Å². The van der Waals surface area contributed by atoms with Crippen molar-refractivity contribution in [2.75, 3.05) is 14.7 Å². The SMILES string of the molecule is c1ccc2c(c1)oc1c(-c3ccc(N(c4ccc(-c5cc(-c6ccc(N(c7ccc(-c8cccc9c8oc8ccccc89)cc7)c7ccc(-n8c9ccccc9c9ccccc98)cc7)cc6)cc(-c6ccc(N(c7ccc(-n8c9ccccc9c9ccccc98)cc7)c7cccc8c7oc7ccccc78)cc6)c5)cc4)c4ccc(-n5c6ccccc6c6ccccc65)cc4)cc3)cccc12. The van der Waals surface area contributed by atoms with Gasteiger partial charge in [-0.3, -0.25) is 0 Å². The first-order valence-corrected chi connectivity index (χ1v) is 46.0. The molecular weight excluding hydrogens is 1650 g/mol. The molecule has 0 spiro atoms. The van der Waals surface area contributed by atoms with Gasteiger partial charge >= 0.3 is 0 Å². The molecule has 0 aliphatic rings. The van der Waals surface area contributed by atoms with Gasteiger partial charge in [-0.1, -0.05) is 273 Å². The molecule has 0 aliphatic carbocycles. The number of rotatable bonds is 17. The first kappa shape index (κ1) is 76.8. The van der Waals surface area contributed by atoms with Gasteiger partial charge in [-0.2, -0.15) is 0 Å². The molecular formula is C126H80N6O3. The standard InChI is InChI=1S/C126H80N6O3/c1-10-36-114-102(22-1)103-23-2-11-37-115(103)130(114)97-72-66-93(67-73-97)127(91-62-52-84(53-63-91)100-31-19-33-111-108-28-7-16-43-121(108)133-124(100)111)89-56-46-81(47-57-89)86-78-87(80-88(79-86)83-50-60-95(61-51-83)129(120-42-21-35-113-110-30-9-18-45-123(110)135-126(113)120)96-70-76-99(77-71-96)132-118-40-14-5-26-106(118)107-27-6-15-41-119(107)132)82-48-58-90(59-49-82)128(92-64-54-85(55-65-92)101-32-20-34-112-109-29-8-17-44-122(109)134-125(101)112)94-68-74-98(75-69-94)131-116-38-12-3-24-104(116)105-25-4-13-39-117(105)131/h1-80H. The molecule has 21 aromatic carbocycles. The Labute approximate surface area is 776 Å². The quantitative estimate of drug-likeness (QED) is 0.0905. The minimum atomic E-state index is 0.814. The molecule has 9 nitrogen and oxygen atoms in total. The van der Waals surface area contributed by atoms with Crippen LogP contribution in [0.15, 0.2) is 499 Å². The first-order chi connectivity index (χ1) is 66.9. The van der Waals surface area contributed by atoms with Crippen LogP contribution in [0.2, 0.25) is 0 Å². The summed E-state index contributed by atoms with van der Waals surface area (Å²) in [7, 11) is 0. The summed E-state index contributed by atoms with van der Waals surface area (Å²) < 4.78 is 27.3. The van der Waals surface area contributed by atoms with Crippen LogP contribution in [-0.4, -0.2) is 13.7 Å². The number of hydrogen-bond donors (Lipinski definition) is 0. The van der Waals surface area contributed by atoms with Crippen LogP contribution in [0.5, 0.6) is 0 Å². The second-order valence-corrected chi connectivity index (χ2v) is 35.0. The maximum Gasteiger partial charge on any atom is 0.159 e. The van der Waals surface area contributed by atoms with Gasteiger partial charge < -0.3 is 41.7 Å². The molecule has 9 heteroatoms. The van der Waals surface area contributed by atoms with E-state index in [0.717, 1.165) is 223 Å². The van der Waals surface area contributed by atoms with E-state index >= 15 is 0 Å². The summed E-state index contributed by atoms with van der Waals surface area (Å²) in [4.78, 5) is 7.08. The van der Waals surface area contributed by atoms with Gasteiger partial charge in [-0.05, 0) is 257 Å². The fourth-order valence-corrected chi connectivity index (χ4v) is 21.2. The van der Waals surface area contributed by atoms with Gasteiger partial charge in [-0.15, -0.1) is 0 Å². The Morgan fingerprint density at radius 1 is 0.148 bits per heavy atom. The lowest BCUT2D eigenvalue weighted by atomic mass is 9.93. The van der Waals surface area contributed by atoms with Crippen LogP contribution in [0.1, 0.15) is 0 Å². The minimum Gasteiger partial charge on any atom is -0.455 e. The van der Waals surface area contributed by atoms with Crippen LogP contribution in [0.25, 0.3) is 204 Å². The van der Waals surface area contributed by atoms with Crippen LogP contribution in [0.4, 0.5) is 51.2 Å². The van der Waals surface area contributed by atoms with Gasteiger partial charge in [0.25, 0.3) is 0 Å². The summed E-state index contributed by atoms with van der Waals surface area (Å²) in [5.41, 5.74) is 35.0. The summed E-state index contributed by atoms with van der Waals surface area (Å²) in [6.07, 6.45) is 0. The number of anilines is 9. The Morgan fingerprint density at radius 2 is 0.363 bits per heavy atom. The highest BCUT2D eigenvalue weighted by Gasteiger charge is 2.26. The van der Waals surface area contributed by atoms with E-state index in [1.165, 1.54) is 32.3 Å². The van der Waals surface area contributed by atoms with Crippen molar-refractivity contribution in [3.63, 3.8) is 0 Å². The average Bonchev–Trinajstić information content (AvgIpc) is 1.60. The molecule has 0 aliphatic heterocycles. The third kappa shape index (κ3) is 12.8. The normalized spacial score (nSPS) is 11.9. The van der Waals surface area contributed by atoms with Gasteiger partial charge in [0.15, 0.2) is 5.58 Å². The Bertz CT molecular complexity index is 8800. The van der Waals surface area contributed by atoms with Crippen molar-refractivity contribution in [2.24, 2.45) is 0 Å². The number of furan rings is 3. The second kappa shape index (κ2) is 31.3. The Morgan fingerprint density at radius 3 is 0.652 bits per heavy atom. The highest BCUT2D eigenvalue weighted by Crippen LogP contribution is 2.49. The van der Waals surface area contributed by atoms with Crippen LogP contribution in [0, 0.1) is 0 Å². The molecule has 27 rings (SSSR count). The Kier molecular flexibility index (Phi) is 17.8. The summed E-state index contributed by atoms with van der Waals surface area (Å²) in [6, 6.07) is 176. The van der Waals surface area contributed by atoms with Crippen molar-refractivity contribution in [3.05, 3.63) is 485 Å². The lowest BCUT2D eigenvalue weighted by Gasteiger charge is -2.26. The lowest BCUT2D eigenvalue weighted by Crippen LogP contribution is -2.10. The van der Waals surface area contributed by atoms with E-state index in [2.05, 4.69) is 496 Å². The molecule has 0 N–H and O–H groups in total. The summed E-state index contributed by atoms with van der Waals surface area (Å²) in [5, 5.41) is 13.9. The number of aromatic nitrogens is 3. The summed E-state index contributed by atoms with van der Waals surface area (Å²) in [6.45, 7) is 0. The van der Waals surface area contributed by atoms with Crippen LogP contribution >= 0.6 is 0 Å². The van der Waals surface area contributed by atoms with Crippen molar-refractivity contribution in [3.8, 4) is 72.7 Å². The van der Waals surface area contributed by atoms with Gasteiger partial charge in [0.1, 0.15) is 27.9 Å². The number of nitrogens with zero attached hydrogens (tertiary/aromatic N) is 6. The largest absolute Gasteiger partial charge is 0.455 e. The topological polar surface area (TPSA) is 63.9 Å². The number of para-hydroxylation sites is 12. The van der Waals surface area contributed by atoms with E-state index in [9.17, 15) is 0 Å². The van der Waals surface area contributed by atoms with Crippen LogP contribution < -0.4 is 14.7 Å². The van der Waals surface area contributed by atoms with Gasteiger partial charge in [0.05, 0.1) is 38.8 Å². The van der Waals surface area contributed by atoms with Gasteiger partial charge in [0.2, 0.25) is 0 Å². The van der Waals surface area contributed by atoms with Crippen molar-refractivity contribution in [1.82, 2.24) is 13.7 Å². The monoisotopic (exact) mass is 1720 g/mol. The van der Waals surface area contributed by atoms with Crippen LogP contribution in [-0.2, 0) is 0 Å². The van der Waals surface area contributed by atoms with Gasteiger partial charge in [-0.25, -0.2) is 0 Å². The van der Waals surface area contributed by atoms with E-state index < -0.39 is 0 Å². The fraction of sp³-hybridized carbons (Fsp3) is 0. The predicted octanol–water partition coefficient (Wildman–Crippen LogP) is 35.4. The first-order valence-electron chi connectivity index (χ1n) is 46.0. The zero-order chi connectivity index (χ0) is 88.7. The molecule has 0 atom stereocenters. The Hall–Kier alpha value is -18.2. The fourth-order valence-electron chi connectivity index (χ4n) is 21.2. The zero-order valence-electron chi connectivity index (χ0n) is 73.1. The van der Waals surface area contributed by atoms with E-state index in [0.29, 0.717) is 0 Å². The maximum atomic E-state index is 6.92. The molecule has 0 radical (unpaired) electrons. The van der Waals surface area contributed by atoms with Crippen molar-refractivity contribution < 1.29 is 13.3 Å². The minimum absolute atomic E-state index is 0.814. The lowest BCUT2D eigenvalue weighted by molar-refractivity contribution is 0.669. The molecule has 6 heterocycles. The molecule has 0 unspecified atom stereocenters. The molecule has 0 amide bonds. The smallest absolute Gasteiger partial charge is 0.159 e. The molecule has 0 saturated heterocycles. The maximum absolute atomic E-state index is 6.92. The van der Waals surface area contributed by atoms with Crippen molar-refractivity contribution in [2.45, 2.75) is 0 Å².